The van der Waals surface area contributed by atoms with Crippen LogP contribution in [0.5, 0.6) is 0 Å². The molecule has 0 aliphatic carbocycles. The number of aryl methyl sites for hydroxylation is 1. The average Bonchev–Trinajstić information content (AvgIpc) is 3.30. The van der Waals surface area contributed by atoms with Crippen molar-refractivity contribution in [2.24, 2.45) is 0 Å². The minimum absolute atomic E-state index is 0.00873. The van der Waals surface area contributed by atoms with Gasteiger partial charge in [-0.15, -0.1) is 0 Å². The summed E-state index contributed by atoms with van der Waals surface area (Å²) in [4.78, 5) is 14.8. The van der Waals surface area contributed by atoms with Gasteiger partial charge in [0.1, 0.15) is 0 Å². The van der Waals surface area contributed by atoms with Gasteiger partial charge in [-0.3, -0.25) is 14.8 Å². The minimum Gasteiger partial charge on any atom is -0.334 e. The lowest BCUT2D eigenvalue weighted by Gasteiger charge is -2.05. The Kier molecular flexibility index (Phi) is 4.85. The molecule has 0 bridgehead atoms. The van der Waals surface area contributed by atoms with E-state index >= 15 is 0 Å². The first kappa shape index (κ1) is 18.8. The molecule has 0 saturated carbocycles. The molecule has 9 heteroatoms. The molecule has 0 spiro atoms. The summed E-state index contributed by atoms with van der Waals surface area (Å²) in [6, 6.07) is 13.7. The summed E-state index contributed by atoms with van der Waals surface area (Å²) in [6.07, 6.45) is 0. The molecule has 4 aromatic rings. The number of rotatable bonds is 5. The van der Waals surface area contributed by atoms with Gasteiger partial charge in [0.2, 0.25) is 5.82 Å². The van der Waals surface area contributed by atoms with Crippen molar-refractivity contribution >= 4 is 17.3 Å². The van der Waals surface area contributed by atoms with Crippen LogP contribution in [0.2, 0.25) is 5.02 Å². The van der Waals surface area contributed by atoms with E-state index in [1.165, 1.54) is 12.1 Å². The van der Waals surface area contributed by atoms with Crippen molar-refractivity contribution in [3.63, 3.8) is 0 Å². The van der Waals surface area contributed by atoms with Crippen molar-refractivity contribution in [2.45, 2.75) is 20.4 Å². The van der Waals surface area contributed by atoms with E-state index in [0.29, 0.717) is 28.8 Å². The highest BCUT2D eigenvalue weighted by atomic mass is 35.5. The van der Waals surface area contributed by atoms with Crippen LogP contribution in [0.3, 0.4) is 0 Å². The molecule has 0 fully saturated rings. The molecule has 0 unspecified atom stereocenters. The SMILES string of the molecule is Cc1nn(Cc2cccc(-c3nc(-c4ccc([N+](=O)[O-])cc4)no3)c2)c(C)c1Cl. The Balaban J connectivity index is 1.59. The summed E-state index contributed by atoms with van der Waals surface area (Å²) in [5, 5.41) is 19.9. The quantitative estimate of drug-likeness (QED) is 0.346. The molecule has 0 radical (unpaired) electrons. The molecular weight excluding hydrogens is 394 g/mol. The lowest BCUT2D eigenvalue weighted by Crippen LogP contribution is -2.04. The maximum atomic E-state index is 10.8. The Morgan fingerprint density at radius 1 is 1.14 bits per heavy atom. The number of non-ortho nitro benzene ring substituents is 1. The Bertz CT molecular complexity index is 1200. The summed E-state index contributed by atoms with van der Waals surface area (Å²) < 4.78 is 7.25. The Hall–Kier alpha value is -3.52. The molecule has 4 rings (SSSR count). The van der Waals surface area contributed by atoms with Crippen LogP contribution in [0.15, 0.2) is 53.1 Å². The number of hydrogen-bond donors (Lipinski definition) is 0. The predicted molar refractivity (Wildman–Crippen MR) is 108 cm³/mol. The van der Waals surface area contributed by atoms with E-state index in [-0.39, 0.29) is 5.69 Å². The zero-order chi connectivity index (χ0) is 20.5. The summed E-state index contributed by atoms with van der Waals surface area (Å²) in [7, 11) is 0. The molecule has 8 nitrogen and oxygen atoms in total. The van der Waals surface area contributed by atoms with Crippen molar-refractivity contribution in [1.29, 1.82) is 0 Å². The maximum Gasteiger partial charge on any atom is 0.269 e. The van der Waals surface area contributed by atoms with Gasteiger partial charge in [-0.1, -0.05) is 28.9 Å². The molecule has 2 heterocycles. The summed E-state index contributed by atoms with van der Waals surface area (Å²) in [5.41, 5.74) is 4.14. The van der Waals surface area contributed by atoms with Gasteiger partial charge in [-0.25, -0.2) is 0 Å². The molecular formula is C20H16ClN5O3. The van der Waals surface area contributed by atoms with E-state index in [1.807, 2.05) is 42.8 Å². The van der Waals surface area contributed by atoms with Crippen LogP contribution in [-0.4, -0.2) is 24.8 Å². The zero-order valence-corrected chi connectivity index (χ0v) is 16.4. The molecule has 0 aliphatic heterocycles. The van der Waals surface area contributed by atoms with Crippen LogP contribution in [0.4, 0.5) is 5.69 Å². The van der Waals surface area contributed by atoms with E-state index in [4.69, 9.17) is 16.1 Å². The fourth-order valence-corrected chi connectivity index (χ4v) is 3.13. The molecule has 0 amide bonds. The number of benzene rings is 2. The number of nitro benzene ring substituents is 1. The van der Waals surface area contributed by atoms with Gasteiger partial charge in [0, 0.05) is 23.3 Å². The molecule has 0 saturated heterocycles. The number of aromatic nitrogens is 4. The zero-order valence-electron chi connectivity index (χ0n) is 15.7. The monoisotopic (exact) mass is 409 g/mol. The molecule has 29 heavy (non-hydrogen) atoms. The second-order valence-electron chi connectivity index (χ2n) is 6.57. The first-order chi connectivity index (χ1) is 13.9. The van der Waals surface area contributed by atoms with E-state index < -0.39 is 4.92 Å². The first-order valence-corrected chi connectivity index (χ1v) is 9.17. The van der Waals surface area contributed by atoms with Crippen LogP contribution in [0.1, 0.15) is 17.0 Å². The normalized spacial score (nSPS) is 11.0. The molecule has 2 aromatic carbocycles. The number of hydrogen-bond acceptors (Lipinski definition) is 6. The Labute approximate surface area is 170 Å². The third-order valence-electron chi connectivity index (χ3n) is 4.56. The molecule has 2 aromatic heterocycles. The number of halogens is 1. The van der Waals surface area contributed by atoms with Crippen LogP contribution in [-0.2, 0) is 6.54 Å². The molecule has 0 aliphatic rings. The number of nitrogens with zero attached hydrogens (tertiary/aromatic N) is 5. The van der Waals surface area contributed by atoms with Crippen LogP contribution in [0.25, 0.3) is 22.8 Å². The highest BCUT2D eigenvalue weighted by Gasteiger charge is 2.14. The van der Waals surface area contributed by atoms with Gasteiger partial charge >= 0.3 is 0 Å². The smallest absolute Gasteiger partial charge is 0.269 e. The van der Waals surface area contributed by atoms with Gasteiger partial charge in [-0.05, 0) is 43.7 Å². The van der Waals surface area contributed by atoms with E-state index in [0.717, 1.165) is 22.5 Å². The molecule has 146 valence electrons. The fourth-order valence-electron chi connectivity index (χ4n) is 2.99. The van der Waals surface area contributed by atoms with Crippen molar-refractivity contribution < 1.29 is 9.45 Å². The van der Waals surface area contributed by atoms with E-state index in [9.17, 15) is 10.1 Å². The van der Waals surface area contributed by atoms with Gasteiger partial charge in [0.05, 0.1) is 27.9 Å². The predicted octanol–water partition coefficient (Wildman–Crippen LogP) is 4.83. The lowest BCUT2D eigenvalue weighted by atomic mass is 10.1. The van der Waals surface area contributed by atoms with Gasteiger partial charge < -0.3 is 4.52 Å². The third-order valence-corrected chi connectivity index (χ3v) is 5.11. The van der Waals surface area contributed by atoms with Crippen LogP contribution < -0.4 is 0 Å². The van der Waals surface area contributed by atoms with Crippen molar-refractivity contribution in [1.82, 2.24) is 19.9 Å². The Morgan fingerprint density at radius 3 is 2.55 bits per heavy atom. The summed E-state index contributed by atoms with van der Waals surface area (Å²) >= 11 is 6.23. The van der Waals surface area contributed by atoms with Crippen molar-refractivity contribution in [3.8, 4) is 22.8 Å². The van der Waals surface area contributed by atoms with Gasteiger partial charge in [0.25, 0.3) is 11.6 Å². The van der Waals surface area contributed by atoms with Crippen molar-refractivity contribution in [2.75, 3.05) is 0 Å². The summed E-state index contributed by atoms with van der Waals surface area (Å²) in [6.45, 7) is 4.37. The second kappa shape index (κ2) is 7.48. The first-order valence-electron chi connectivity index (χ1n) is 8.79. The van der Waals surface area contributed by atoms with E-state index in [1.54, 1.807) is 12.1 Å². The van der Waals surface area contributed by atoms with Crippen LogP contribution >= 0.6 is 11.6 Å². The lowest BCUT2D eigenvalue weighted by molar-refractivity contribution is -0.384. The topological polar surface area (TPSA) is 99.9 Å². The average molecular weight is 410 g/mol. The highest BCUT2D eigenvalue weighted by Crippen LogP contribution is 2.25. The van der Waals surface area contributed by atoms with Crippen LogP contribution in [0, 0.1) is 24.0 Å². The number of nitro groups is 1. The highest BCUT2D eigenvalue weighted by molar-refractivity contribution is 6.31. The largest absolute Gasteiger partial charge is 0.334 e. The Morgan fingerprint density at radius 2 is 1.90 bits per heavy atom. The fraction of sp³-hybridized carbons (Fsp3) is 0.150. The van der Waals surface area contributed by atoms with Gasteiger partial charge in [0.15, 0.2) is 0 Å². The standard InChI is InChI=1S/C20H16ClN5O3/c1-12-18(21)13(2)25(23-12)11-14-4-3-5-16(10-14)20-22-19(24-29-20)15-6-8-17(9-7-15)26(27)28/h3-10H,11H2,1-2H3. The molecule has 0 N–H and O–H groups in total. The minimum atomic E-state index is -0.451. The third kappa shape index (κ3) is 3.74. The second-order valence-corrected chi connectivity index (χ2v) is 6.95. The van der Waals surface area contributed by atoms with Gasteiger partial charge in [-0.2, -0.15) is 10.1 Å². The maximum absolute atomic E-state index is 10.8. The molecule has 0 atom stereocenters. The summed E-state index contributed by atoms with van der Waals surface area (Å²) in [5.74, 6) is 0.734. The van der Waals surface area contributed by atoms with Crippen molar-refractivity contribution in [3.05, 3.63) is 80.6 Å². The van der Waals surface area contributed by atoms with E-state index in [2.05, 4.69) is 15.2 Å².